The SMILES string of the molecule is NCCOP(=O)(O)OP(=O)(O)OCC1OC(n2ccc(N)nc2=O)C(O)C1O.[Na]. The number of phosphoric ester groups is 2. The van der Waals surface area contributed by atoms with Gasteiger partial charge in [-0.15, -0.1) is 0 Å². The van der Waals surface area contributed by atoms with Crippen molar-refractivity contribution in [2.75, 3.05) is 25.5 Å². The Morgan fingerprint density at radius 1 is 1.21 bits per heavy atom. The normalized spacial score (nSPS) is 28.3. The van der Waals surface area contributed by atoms with Crippen molar-refractivity contribution < 1.29 is 47.2 Å². The van der Waals surface area contributed by atoms with Crippen LogP contribution in [0, 0.1) is 0 Å². The molecule has 1 aliphatic heterocycles. The van der Waals surface area contributed by atoms with E-state index in [2.05, 4.69) is 18.3 Å². The van der Waals surface area contributed by atoms with E-state index in [1.54, 1.807) is 0 Å². The number of nitrogens with zero attached hydrogens (tertiary/aromatic N) is 2. The summed E-state index contributed by atoms with van der Waals surface area (Å²) in [6, 6.07) is 1.25. The van der Waals surface area contributed by atoms with Crippen molar-refractivity contribution in [1.82, 2.24) is 9.55 Å². The van der Waals surface area contributed by atoms with Crippen LogP contribution in [0.15, 0.2) is 17.1 Å². The molecule has 0 spiro atoms. The second-order valence-corrected chi connectivity index (χ2v) is 8.57. The van der Waals surface area contributed by atoms with Gasteiger partial charge in [-0.25, -0.2) is 13.9 Å². The minimum absolute atomic E-state index is 0. The van der Waals surface area contributed by atoms with Gasteiger partial charge in [0.1, 0.15) is 24.1 Å². The summed E-state index contributed by atoms with van der Waals surface area (Å²) in [7, 11) is -10.0. The maximum atomic E-state index is 11.8. The Hall–Kier alpha value is -0.220. The fourth-order valence-electron chi connectivity index (χ4n) is 2.23. The van der Waals surface area contributed by atoms with E-state index in [1.807, 2.05) is 0 Å². The van der Waals surface area contributed by atoms with Crippen LogP contribution in [0.1, 0.15) is 6.23 Å². The minimum atomic E-state index is -5.11. The van der Waals surface area contributed by atoms with Gasteiger partial charge in [0, 0.05) is 42.3 Å². The Morgan fingerprint density at radius 2 is 1.83 bits per heavy atom. The molecule has 0 aromatic carbocycles. The molecule has 15 nitrogen and oxygen atoms in total. The number of ether oxygens (including phenoxy) is 1. The van der Waals surface area contributed by atoms with Gasteiger partial charge in [0.2, 0.25) is 0 Å². The molecule has 6 atom stereocenters. The molecule has 6 unspecified atom stereocenters. The summed E-state index contributed by atoms with van der Waals surface area (Å²) in [6.45, 7) is -1.40. The molecule has 2 rings (SSSR count). The van der Waals surface area contributed by atoms with Gasteiger partial charge in [-0.3, -0.25) is 13.6 Å². The predicted octanol–water partition coefficient (Wildman–Crippen LogP) is -2.73. The number of hydrogen-bond donors (Lipinski definition) is 6. The van der Waals surface area contributed by atoms with E-state index in [-0.39, 0.29) is 41.9 Å². The summed E-state index contributed by atoms with van der Waals surface area (Å²) < 4.78 is 42.2. The number of anilines is 1. The van der Waals surface area contributed by atoms with Crippen molar-refractivity contribution in [2.45, 2.75) is 24.5 Å². The molecule has 1 aromatic rings. The second-order valence-electron chi connectivity index (χ2n) is 5.52. The van der Waals surface area contributed by atoms with E-state index in [9.17, 15) is 33.9 Å². The molecule has 1 fully saturated rings. The Bertz CT molecular complexity index is 841. The first kappa shape index (κ1) is 26.8. The van der Waals surface area contributed by atoms with Crippen molar-refractivity contribution in [3.8, 4) is 0 Å². The van der Waals surface area contributed by atoms with Gasteiger partial charge in [-0.1, -0.05) is 0 Å². The summed E-state index contributed by atoms with van der Waals surface area (Å²) in [5.74, 6) is -0.0715. The molecule has 0 aliphatic carbocycles. The standard InChI is InChI=1S/C11H20N4O11P2.Na/c12-2-4-23-27(19,20)26-28(21,22)24-5-6-8(16)9(17)10(25-6)15-3-1-7(13)14-11(15)18;/h1,3,6,8-10,16-17H,2,4-5,12H2,(H,19,20)(H,21,22)(H2,13,14,18);. The van der Waals surface area contributed by atoms with Gasteiger partial charge < -0.3 is 36.2 Å². The number of hydrogen-bond acceptors (Lipinski definition) is 12. The van der Waals surface area contributed by atoms with E-state index < -0.39 is 59.1 Å². The first-order chi connectivity index (χ1) is 13.0. The van der Waals surface area contributed by atoms with E-state index in [0.29, 0.717) is 0 Å². The number of rotatable bonds is 9. The van der Waals surface area contributed by atoms with Crippen LogP contribution >= 0.6 is 15.6 Å². The molecular weight excluding hydrogens is 449 g/mol. The van der Waals surface area contributed by atoms with Gasteiger partial charge in [0.25, 0.3) is 0 Å². The fourth-order valence-corrected chi connectivity index (χ4v) is 4.32. The molecule has 1 saturated heterocycles. The first-order valence-corrected chi connectivity index (χ1v) is 10.7. The third kappa shape index (κ3) is 7.45. The number of aliphatic hydroxyl groups is 2. The van der Waals surface area contributed by atoms with Crippen LogP contribution < -0.4 is 17.2 Å². The minimum Gasteiger partial charge on any atom is -0.387 e. The Labute approximate surface area is 186 Å². The summed E-state index contributed by atoms with van der Waals surface area (Å²) >= 11 is 0. The summed E-state index contributed by atoms with van der Waals surface area (Å²) in [4.78, 5) is 34.1. The molecular formula is C11H20N4NaO11P2. The molecule has 161 valence electrons. The topological polar surface area (TPSA) is 239 Å². The Morgan fingerprint density at radius 3 is 2.41 bits per heavy atom. The monoisotopic (exact) mass is 469 g/mol. The van der Waals surface area contributed by atoms with Crippen molar-refractivity contribution in [3.05, 3.63) is 22.7 Å². The summed E-state index contributed by atoms with van der Waals surface area (Å²) in [5.41, 5.74) is 9.56. The molecule has 1 aromatic heterocycles. The van der Waals surface area contributed by atoms with Crippen molar-refractivity contribution in [1.29, 1.82) is 0 Å². The van der Waals surface area contributed by atoms with Crippen molar-refractivity contribution in [2.24, 2.45) is 5.73 Å². The van der Waals surface area contributed by atoms with Crippen LogP contribution in [-0.4, -0.2) is 97.2 Å². The molecule has 0 bridgehead atoms. The fraction of sp³-hybridized carbons (Fsp3) is 0.636. The molecule has 2 heterocycles. The van der Waals surface area contributed by atoms with Crippen LogP contribution in [0.4, 0.5) is 5.82 Å². The van der Waals surface area contributed by atoms with Crippen LogP contribution in [0.3, 0.4) is 0 Å². The zero-order valence-electron chi connectivity index (χ0n) is 15.2. The average molecular weight is 469 g/mol. The van der Waals surface area contributed by atoms with Crippen molar-refractivity contribution in [3.63, 3.8) is 0 Å². The van der Waals surface area contributed by atoms with E-state index in [0.717, 1.165) is 4.57 Å². The van der Waals surface area contributed by atoms with Gasteiger partial charge in [-0.05, 0) is 6.07 Å². The molecule has 1 radical (unpaired) electrons. The third-order valence-electron chi connectivity index (χ3n) is 3.44. The number of phosphoric acid groups is 2. The maximum Gasteiger partial charge on any atom is 0.481 e. The van der Waals surface area contributed by atoms with E-state index >= 15 is 0 Å². The van der Waals surface area contributed by atoms with Crippen LogP contribution in [0.25, 0.3) is 0 Å². The van der Waals surface area contributed by atoms with Crippen LogP contribution in [0.5, 0.6) is 0 Å². The first-order valence-electron chi connectivity index (χ1n) is 7.68. The third-order valence-corrected chi connectivity index (χ3v) is 6.08. The zero-order chi connectivity index (χ0) is 21.1. The quantitative estimate of drug-likeness (QED) is 0.159. The van der Waals surface area contributed by atoms with Gasteiger partial charge >= 0.3 is 21.3 Å². The number of aliphatic hydroxyl groups excluding tert-OH is 2. The number of nitrogens with two attached hydrogens (primary N) is 2. The van der Waals surface area contributed by atoms with Gasteiger partial charge in [-0.2, -0.15) is 9.29 Å². The Kier molecular flexibility index (Phi) is 10.1. The van der Waals surface area contributed by atoms with Crippen LogP contribution in [0.2, 0.25) is 0 Å². The van der Waals surface area contributed by atoms with E-state index in [4.69, 9.17) is 16.2 Å². The second kappa shape index (κ2) is 10.9. The smallest absolute Gasteiger partial charge is 0.387 e. The van der Waals surface area contributed by atoms with Crippen molar-refractivity contribution >= 4 is 51.0 Å². The zero-order valence-corrected chi connectivity index (χ0v) is 19.0. The molecule has 18 heteroatoms. The predicted molar refractivity (Wildman–Crippen MR) is 96.3 cm³/mol. The largest absolute Gasteiger partial charge is 0.481 e. The number of aromatic nitrogens is 2. The van der Waals surface area contributed by atoms with Crippen LogP contribution in [-0.2, 0) is 27.2 Å². The number of nitrogen functional groups attached to an aromatic ring is 1. The summed E-state index contributed by atoms with van der Waals surface area (Å²) in [5, 5.41) is 20.1. The molecule has 8 N–H and O–H groups in total. The van der Waals surface area contributed by atoms with Gasteiger partial charge in [0.15, 0.2) is 6.23 Å². The molecule has 29 heavy (non-hydrogen) atoms. The molecule has 1 aliphatic rings. The summed E-state index contributed by atoms with van der Waals surface area (Å²) in [6.07, 6.45) is -4.86. The Balaban J connectivity index is 0.00000420. The maximum absolute atomic E-state index is 11.8. The molecule has 0 amide bonds. The van der Waals surface area contributed by atoms with Gasteiger partial charge in [0.05, 0.1) is 13.2 Å². The average Bonchev–Trinajstić information content (AvgIpc) is 2.86. The van der Waals surface area contributed by atoms with E-state index in [1.165, 1.54) is 12.3 Å². The molecule has 0 saturated carbocycles.